The quantitative estimate of drug-likeness (QED) is 0.741. The highest BCUT2D eigenvalue weighted by Gasteiger charge is 2.52. The van der Waals surface area contributed by atoms with E-state index < -0.39 is 7.12 Å². The fraction of sp³-hybridized carbons (Fsp3) is 0.571. The average molecular weight is 273 g/mol. The number of nitrogens with zero attached hydrogens (tertiary/aromatic N) is 3. The smallest absolute Gasteiger partial charge is 0.398 e. The minimum absolute atomic E-state index is 0.351. The van der Waals surface area contributed by atoms with Gasteiger partial charge in [-0.2, -0.15) is 5.10 Å². The second-order valence-corrected chi connectivity index (χ2v) is 6.45. The number of aryl methyl sites for hydroxylation is 2. The number of rotatable bonds is 1. The van der Waals surface area contributed by atoms with E-state index in [1.54, 1.807) is 0 Å². The van der Waals surface area contributed by atoms with Gasteiger partial charge in [-0.1, -0.05) is 0 Å². The van der Waals surface area contributed by atoms with Crippen molar-refractivity contribution in [3.05, 3.63) is 23.7 Å². The number of hydrogen-bond acceptors (Lipinski definition) is 4. The van der Waals surface area contributed by atoms with Gasteiger partial charge in [-0.15, -0.1) is 0 Å². The number of aromatic nitrogens is 3. The molecule has 0 aromatic carbocycles. The zero-order valence-electron chi connectivity index (χ0n) is 12.9. The number of fused-ring (bicyclic) bond motifs is 1. The van der Waals surface area contributed by atoms with Crippen LogP contribution in [0.5, 0.6) is 0 Å². The van der Waals surface area contributed by atoms with E-state index in [4.69, 9.17) is 9.31 Å². The third kappa shape index (κ3) is 1.94. The summed E-state index contributed by atoms with van der Waals surface area (Å²) < 4.78 is 13.9. The summed E-state index contributed by atoms with van der Waals surface area (Å²) in [5.41, 5.74) is 2.98. The Morgan fingerprint density at radius 1 is 1.10 bits per heavy atom. The fourth-order valence-corrected chi connectivity index (χ4v) is 2.39. The monoisotopic (exact) mass is 273 g/mol. The van der Waals surface area contributed by atoms with Gasteiger partial charge in [-0.25, -0.2) is 4.52 Å². The molecular formula is C14H20BN3O2. The maximum atomic E-state index is 6.03. The molecule has 0 atom stereocenters. The van der Waals surface area contributed by atoms with Crippen molar-refractivity contribution in [3.63, 3.8) is 0 Å². The fourth-order valence-electron chi connectivity index (χ4n) is 2.39. The molecule has 2 aromatic rings. The molecule has 0 aliphatic carbocycles. The molecule has 1 saturated heterocycles. The van der Waals surface area contributed by atoms with Crippen LogP contribution in [-0.4, -0.2) is 32.9 Å². The molecule has 5 nitrogen and oxygen atoms in total. The molecule has 20 heavy (non-hydrogen) atoms. The summed E-state index contributed by atoms with van der Waals surface area (Å²) in [6.45, 7) is 12.1. The molecule has 0 unspecified atom stereocenters. The highest BCUT2D eigenvalue weighted by molar-refractivity contribution is 6.61. The highest BCUT2D eigenvalue weighted by atomic mass is 16.7. The van der Waals surface area contributed by atoms with E-state index in [1.807, 2.05) is 58.3 Å². The first kappa shape index (κ1) is 13.6. The highest BCUT2D eigenvalue weighted by Crippen LogP contribution is 2.36. The van der Waals surface area contributed by atoms with Gasteiger partial charge in [0.05, 0.1) is 39.9 Å². The largest absolute Gasteiger partial charge is 0.516 e. The predicted molar refractivity (Wildman–Crippen MR) is 78.2 cm³/mol. The van der Waals surface area contributed by atoms with Crippen LogP contribution in [0.3, 0.4) is 0 Å². The van der Waals surface area contributed by atoms with Gasteiger partial charge in [0.1, 0.15) is 0 Å². The van der Waals surface area contributed by atoms with Gasteiger partial charge in [-0.3, -0.25) is 4.98 Å². The van der Waals surface area contributed by atoms with Crippen molar-refractivity contribution in [2.24, 2.45) is 0 Å². The lowest BCUT2D eigenvalue weighted by Gasteiger charge is -2.32. The van der Waals surface area contributed by atoms with Crippen LogP contribution in [-0.2, 0) is 9.31 Å². The standard InChI is InChI=1S/C14H20BN3O2/c1-9-8-18-11(10(2)16-9)7-12(17-18)15-19-13(3,4)14(5,6)20-15/h7-8H,1-6H3. The van der Waals surface area contributed by atoms with Crippen LogP contribution >= 0.6 is 0 Å². The van der Waals surface area contributed by atoms with Crippen molar-refractivity contribution in [1.82, 2.24) is 14.6 Å². The molecule has 1 fully saturated rings. The molecule has 0 radical (unpaired) electrons. The summed E-state index contributed by atoms with van der Waals surface area (Å²) in [5, 5.41) is 4.57. The van der Waals surface area contributed by atoms with Gasteiger partial charge in [0, 0.05) is 0 Å². The second kappa shape index (κ2) is 4.05. The normalized spacial score (nSPS) is 20.8. The molecule has 0 N–H and O–H groups in total. The van der Waals surface area contributed by atoms with Crippen LogP contribution in [0.2, 0.25) is 0 Å². The molecule has 0 amide bonds. The first-order valence-electron chi connectivity index (χ1n) is 6.89. The maximum Gasteiger partial charge on any atom is 0.516 e. The van der Waals surface area contributed by atoms with E-state index in [1.165, 1.54) is 0 Å². The summed E-state index contributed by atoms with van der Waals surface area (Å²) in [6, 6.07) is 1.99. The van der Waals surface area contributed by atoms with Crippen molar-refractivity contribution in [2.75, 3.05) is 0 Å². The molecule has 1 aliphatic rings. The summed E-state index contributed by atoms with van der Waals surface area (Å²) in [7, 11) is -0.431. The second-order valence-electron chi connectivity index (χ2n) is 6.45. The average Bonchev–Trinajstić information content (AvgIpc) is 2.78. The first-order chi connectivity index (χ1) is 9.19. The van der Waals surface area contributed by atoms with E-state index in [0.717, 1.165) is 22.5 Å². The van der Waals surface area contributed by atoms with Gasteiger partial charge in [-0.05, 0) is 47.6 Å². The van der Waals surface area contributed by atoms with Crippen molar-refractivity contribution < 1.29 is 9.31 Å². The van der Waals surface area contributed by atoms with Crippen LogP contribution < -0.4 is 5.59 Å². The summed E-state index contributed by atoms with van der Waals surface area (Å²) >= 11 is 0. The minimum Gasteiger partial charge on any atom is -0.398 e. The molecular weight excluding hydrogens is 253 g/mol. The lowest BCUT2D eigenvalue weighted by atomic mass is 9.85. The van der Waals surface area contributed by atoms with E-state index >= 15 is 0 Å². The van der Waals surface area contributed by atoms with Crippen molar-refractivity contribution in [2.45, 2.75) is 52.7 Å². The van der Waals surface area contributed by atoms with E-state index in [2.05, 4.69) is 10.1 Å². The van der Waals surface area contributed by atoms with Crippen LogP contribution in [0.25, 0.3) is 5.52 Å². The molecule has 3 heterocycles. The van der Waals surface area contributed by atoms with Crippen LogP contribution in [0.1, 0.15) is 39.1 Å². The predicted octanol–water partition coefficient (Wildman–Crippen LogP) is 1.65. The Labute approximate surface area is 119 Å². The summed E-state index contributed by atoms with van der Waals surface area (Å²) in [6.07, 6.45) is 1.91. The minimum atomic E-state index is -0.431. The van der Waals surface area contributed by atoms with Crippen molar-refractivity contribution in [3.8, 4) is 0 Å². The Morgan fingerprint density at radius 2 is 1.70 bits per heavy atom. The first-order valence-corrected chi connectivity index (χ1v) is 6.89. The van der Waals surface area contributed by atoms with Gasteiger partial charge in [0.2, 0.25) is 0 Å². The molecule has 3 rings (SSSR count). The third-order valence-electron chi connectivity index (χ3n) is 4.27. The zero-order valence-corrected chi connectivity index (χ0v) is 12.9. The Kier molecular flexibility index (Phi) is 2.75. The maximum absolute atomic E-state index is 6.03. The zero-order chi connectivity index (χ0) is 14.7. The molecule has 0 bridgehead atoms. The third-order valence-corrected chi connectivity index (χ3v) is 4.27. The molecule has 0 spiro atoms. The van der Waals surface area contributed by atoms with Crippen molar-refractivity contribution in [1.29, 1.82) is 0 Å². The van der Waals surface area contributed by atoms with E-state index in [9.17, 15) is 0 Å². The Balaban J connectivity index is 2.03. The molecule has 6 heteroatoms. The summed E-state index contributed by atoms with van der Waals surface area (Å²) in [5.74, 6) is 0. The van der Waals surface area contributed by atoms with E-state index in [-0.39, 0.29) is 11.2 Å². The van der Waals surface area contributed by atoms with Crippen LogP contribution in [0, 0.1) is 13.8 Å². The topological polar surface area (TPSA) is 48.7 Å². The Bertz CT molecular complexity index is 662. The van der Waals surface area contributed by atoms with E-state index in [0.29, 0.717) is 0 Å². The van der Waals surface area contributed by atoms with Crippen LogP contribution in [0.4, 0.5) is 0 Å². The molecule has 2 aromatic heterocycles. The van der Waals surface area contributed by atoms with Crippen LogP contribution in [0.15, 0.2) is 12.3 Å². The SMILES string of the molecule is Cc1cn2nc(B3OC(C)(C)C(C)(C)O3)cc2c(C)n1. The lowest BCUT2D eigenvalue weighted by molar-refractivity contribution is 0.00578. The molecule has 106 valence electrons. The van der Waals surface area contributed by atoms with Crippen molar-refractivity contribution >= 4 is 18.2 Å². The van der Waals surface area contributed by atoms with Gasteiger partial charge < -0.3 is 9.31 Å². The number of hydrogen-bond donors (Lipinski definition) is 0. The lowest BCUT2D eigenvalue weighted by Crippen LogP contribution is -2.41. The van der Waals surface area contributed by atoms with Gasteiger partial charge >= 0.3 is 7.12 Å². The molecule has 0 saturated carbocycles. The Morgan fingerprint density at radius 3 is 2.30 bits per heavy atom. The molecule has 1 aliphatic heterocycles. The summed E-state index contributed by atoms with van der Waals surface area (Å²) in [4.78, 5) is 4.46. The van der Waals surface area contributed by atoms with Gasteiger partial charge in [0.25, 0.3) is 0 Å². The Hall–Kier alpha value is -1.40. The van der Waals surface area contributed by atoms with Gasteiger partial charge in [0.15, 0.2) is 0 Å².